The monoisotopic (exact) mass is 240 g/mol. The number of hydrogen-bond acceptors (Lipinski definition) is 3. The van der Waals surface area contributed by atoms with Gasteiger partial charge in [-0.05, 0) is 0 Å². The molecule has 0 aliphatic carbocycles. The van der Waals surface area contributed by atoms with Gasteiger partial charge in [-0.3, -0.25) is 9.59 Å². The van der Waals surface area contributed by atoms with E-state index in [4.69, 9.17) is 4.74 Å². The number of carbonyl (C=O) groups excluding carboxylic acids is 2. The Kier molecular flexibility index (Phi) is 3.86. The first-order valence-electron chi connectivity index (χ1n) is 5.56. The molecule has 0 aliphatic heterocycles. The first kappa shape index (κ1) is 12.0. The van der Waals surface area contributed by atoms with Crippen LogP contribution in [0.15, 0.2) is 54.6 Å². The van der Waals surface area contributed by atoms with Gasteiger partial charge in [-0.25, -0.2) is 0 Å². The number of carbonyl (C=O) groups is 2. The Balaban J connectivity index is 2.33. The Labute approximate surface area is 105 Å². The lowest BCUT2D eigenvalue weighted by Crippen LogP contribution is -2.06. The van der Waals surface area contributed by atoms with Gasteiger partial charge in [0.1, 0.15) is 6.61 Å². The van der Waals surface area contributed by atoms with Crippen LogP contribution in [-0.4, -0.2) is 12.3 Å². The average molecular weight is 240 g/mol. The first-order valence-corrected chi connectivity index (χ1v) is 5.56. The van der Waals surface area contributed by atoms with E-state index in [1.54, 1.807) is 30.3 Å². The van der Waals surface area contributed by atoms with Crippen LogP contribution < -0.4 is 0 Å². The Bertz CT molecular complexity index is 547. The van der Waals surface area contributed by atoms with Crippen LogP contribution in [0.2, 0.25) is 0 Å². The zero-order valence-corrected chi connectivity index (χ0v) is 9.71. The van der Waals surface area contributed by atoms with Crippen LogP contribution in [0.1, 0.15) is 21.5 Å². The van der Waals surface area contributed by atoms with Crippen molar-refractivity contribution in [2.45, 2.75) is 6.61 Å². The van der Waals surface area contributed by atoms with Crippen molar-refractivity contribution in [2.24, 2.45) is 0 Å². The molecule has 0 N–H and O–H groups in total. The van der Waals surface area contributed by atoms with E-state index in [0.717, 1.165) is 0 Å². The topological polar surface area (TPSA) is 43.4 Å². The Hall–Kier alpha value is -2.42. The smallest absolute Gasteiger partial charge is 0.293 e. The van der Waals surface area contributed by atoms with E-state index >= 15 is 0 Å². The molecule has 2 aromatic rings. The fourth-order valence-corrected chi connectivity index (χ4v) is 1.74. The summed E-state index contributed by atoms with van der Waals surface area (Å²) in [5.41, 5.74) is 1.89. The van der Waals surface area contributed by atoms with E-state index in [2.05, 4.69) is 0 Å². The average Bonchev–Trinajstić information content (AvgIpc) is 2.45. The Morgan fingerprint density at radius 3 is 2.39 bits per heavy atom. The molecule has 0 heterocycles. The van der Waals surface area contributed by atoms with Gasteiger partial charge in [-0.15, -0.1) is 0 Å². The minimum absolute atomic E-state index is 0.0688. The van der Waals surface area contributed by atoms with Crippen molar-refractivity contribution >= 4 is 12.3 Å². The number of ketones is 1. The van der Waals surface area contributed by atoms with Crippen molar-refractivity contribution in [1.29, 1.82) is 0 Å². The molecule has 0 radical (unpaired) electrons. The van der Waals surface area contributed by atoms with Crippen LogP contribution in [0, 0.1) is 0 Å². The summed E-state index contributed by atoms with van der Waals surface area (Å²) < 4.78 is 4.71. The second-order valence-corrected chi connectivity index (χ2v) is 3.76. The highest BCUT2D eigenvalue weighted by molar-refractivity contribution is 6.09. The molecule has 0 bridgehead atoms. The molecular formula is C15H12O3. The highest BCUT2D eigenvalue weighted by atomic mass is 16.5. The SMILES string of the molecule is O=COCc1ccccc1C(=O)c1ccccc1. The predicted octanol–water partition coefficient (Wildman–Crippen LogP) is 2.59. The molecule has 0 amide bonds. The van der Waals surface area contributed by atoms with Crippen molar-refractivity contribution in [2.75, 3.05) is 0 Å². The predicted molar refractivity (Wildman–Crippen MR) is 67.2 cm³/mol. The lowest BCUT2D eigenvalue weighted by atomic mass is 9.99. The van der Waals surface area contributed by atoms with Gasteiger partial charge in [0.25, 0.3) is 6.47 Å². The van der Waals surface area contributed by atoms with Gasteiger partial charge in [0.05, 0.1) is 0 Å². The van der Waals surface area contributed by atoms with Gasteiger partial charge in [-0.1, -0.05) is 54.6 Å². The summed E-state index contributed by atoms with van der Waals surface area (Å²) in [6.45, 7) is 0.488. The minimum Gasteiger partial charge on any atom is -0.463 e. The van der Waals surface area contributed by atoms with Crippen molar-refractivity contribution in [1.82, 2.24) is 0 Å². The maximum absolute atomic E-state index is 12.3. The normalized spacial score (nSPS) is 9.78. The standard InChI is InChI=1S/C15H12O3/c16-11-18-10-13-8-4-5-9-14(13)15(17)12-6-2-1-3-7-12/h1-9,11H,10H2. The van der Waals surface area contributed by atoms with E-state index in [1.807, 2.05) is 24.3 Å². The van der Waals surface area contributed by atoms with E-state index in [1.165, 1.54) is 0 Å². The van der Waals surface area contributed by atoms with Crippen molar-refractivity contribution < 1.29 is 14.3 Å². The molecule has 3 nitrogen and oxygen atoms in total. The summed E-state index contributed by atoms with van der Waals surface area (Å²) in [6.07, 6.45) is 0. The number of hydrogen-bond donors (Lipinski definition) is 0. The van der Waals surface area contributed by atoms with Crippen LogP contribution in [0.25, 0.3) is 0 Å². The van der Waals surface area contributed by atoms with Crippen LogP contribution in [0.3, 0.4) is 0 Å². The number of ether oxygens (including phenoxy) is 1. The summed E-state index contributed by atoms with van der Waals surface area (Å²) in [6, 6.07) is 16.1. The molecule has 2 aromatic carbocycles. The third kappa shape index (κ3) is 2.63. The molecular weight excluding hydrogens is 228 g/mol. The highest BCUT2D eigenvalue weighted by Crippen LogP contribution is 2.15. The largest absolute Gasteiger partial charge is 0.463 e. The molecule has 0 saturated heterocycles. The first-order chi connectivity index (χ1) is 8.83. The lowest BCUT2D eigenvalue weighted by molar-refractivity contribution is -0.129. The maximum atomic E-state index is 12.3. The van der Waals surface area contributed by atoms with Crippen LogP contribution in [0.4, 0.5) is 0 Å². The molecule has 0 unspecified atom stereocenters. The fourth-order valence-electron chi connectivity index (χ4n) is 1.74. The molecule has 0 saturated carbocycles. The van der Waals surface area contributed by atoms with E-state index < -0.39 is 0 Å². The summed E-state index contributed by atoms with van der Waals surface area (Å²) in [7, 11) is 0. The molecule has 18 heavy (non-hydrogen) atoms. The van der Waals surface area contributed by atoms with Gasteiger partial charge < -0.3 is 4.74 Å². The quantitative estimate of drug-likeness (QED) is 0.596. The van der Waals surface area contributed by atoms with Crippen LogP contribution in [0.5, 0.6) is 0 Å². The molecule has 0 atom stereocenters. The molecule has 0 aliphatic rings. The van der Waals surface area contributed by atoms with Crippen LogP contribution >= 0.6 is 0 Å². The zero-order valence-electron chi connectivity index (χ0n) is 9.71. The Morgan fingerprint density at radius 2 is 1.67 bits per heavy atom. The van der Waals surface area contributed by atoms with Crippen molar-refractivity contribution in [3.8, 4) is 0 Å². The van der Waals surface area contributed by atoms with Gasteiger partial charge in [0, 0.05) is 16.7 Å². The van der Waals surface area contributed by atoms with Gasteiger partial charge in [0.15, 0.2) is 5.78 Å². The molecule has 3 heteroatoms. The van der Waals surface area contributed by atoms with Gasteiger partial charge in [-0.2, -0.15) is 0 Å². The molecule has 0 fully saturated rings. The molecule has 2 rings (SSSR count). The highest BCUT2D eigenvalue weighted by Gasteiger charge is 2.12. The van der Waals surface area contributed by atoms with Crippen molar-refractivity contribution in [3.63, 3.8) is 0 Å². The number of rotatable bonds is 5. The molecule has 90 valence electrons. The van der Waals surface area contributed by atoms with Crippen molar-refractivity contribution in [3.05, 3.63) is 71.3 Å². The lowest BCUT2D eigenvalue weighted by Gasteiger charge is -2.07. The second-order valence-electron chi connectivity index (χ2n) is 3.76. The maximum Gasteiger partial charge on any atom is 0.293 e. The van der Waals surface area contributed by atoms with E-state index in [-0.39, 0.29) is 12.4 Å². The fraction of sp³-hybridized carbons (Fsp3) is 0.0667. The minimum atomic E-state index is -0.0688. The van der Waals surface area contributed by atoms with E-state index in [0.29, 0.717) is 23.2 Å². The third-order valence-electron chi connectivity index (χ3n) is 2.60. The van der Waals surface area contributed by atoms with Gasteiger partial charge in [0.2, 0.25) is 0 Å². The van der Waals surface area contributed by atoms with Crippen LogP contribution in [-0.2, 0) is 16.1 Å². The van der Waals surface area contributed by atoms with Gasteiger partial charge >= 0.3 is 0 Å². The zero-order chi connectivity index (χ0) is 12.8. The third-order valence-corrected chi connectivity index (χ3v) is 2.60. The summed E-state index contributed by atoms with van der Waals surface area (Å²) >= 11 is 0. The summed E-state index contributed by atoms with van der Waals surface area (Å²) in [4.78, 5) is 22.5. The summed E-state index contributed by atoms with van der Waals surface area (Å²) in [5.74, 6) is -0.0688. The summed E-state index contributed by atoms with van der Waals surface area (Å²) in [5, 5.41) is 0. The van der Waals surface area contributed by atoms with E-state index in [9.17, 15) is 9.59 Å². The number of benzene rings is 2. The second kappa shape index (κ2) is 5.77. The molecule has 0 spiro atoms. The molecule has 0 aromatic heterocycles. The Morgan fingerprint density at radius 1 is 1.00 bits per heavy atom.